The van der Waals surface area contributed by atoms with E-state index in [2.05, 4.69) is 42.0 Å². The second-order valence-electron chi connectivity index (χ2n) is 6.93. The van der Waals surface area contributed by atoms with Crippen LogP contribution >= 0.6 is 11.8 Å². The van der Waals surface area contributed by atoms with Gasteiger partial charge < -0.3 is 4.52 Å². The van der Waals surface area contributed by atoms with Crippen molar-refractivity contribution < 1.29 is 8.91 Å². The Labute approximate surface area is 187 Å². The SMILES string of the molecule is Fc1ccc(-c2nc(CSc3nnc(-c4cccnc4)n3Cc3ccccc3)no2)cc1. The molecule has 32 heavy (non-hydrogen) atoms. The number of hydrogen-bond acceptors (Lipinski definition) is 7. The van der Waals surface area contributed by atoms with Crippen molar-refractivity contribution in [2.75, 3.05) is 0 Å². The zero-order valence-corrected chi connectivity index (χ0v) is 17.6. The van der Waals surface area contributed by atoms with Crippen LogP contribution < -0.4 is 0 Å². The highest BCUT2D eigenvalue weighted by atomic mass is 32.2. The highest BCUT2D eigenvalue weighted by molar-refractivity contribution is 7.98. The van der Waals surface area contributed by atoms with Crippen molar-refractivity contribution in [1.29, 1.82) is 0 Å². The lowest BCUT2D eigenvalue weighted by atomic mass is 10.2. The van der Waals surface area contributed by atoms with E-state index in [-0.39, 0.29) is 5.82 Å². The molecule has 0 saturated heterocycles. The topological polar surface area (TPSA) is 82.5 Å². The van der Waals surface area contributed by atoms with Crippen molar-refractivity contribution >= 4 is 11.8 Å². The standard InChI is InChI=1S/C23H17FN6OS/c24-19-10-8-17(9-11-19)22-26-20(29-31-22)15-32-23-28-27-21(18-7-4-12-25-13-18)30(23)14-16-5-2-1-3-6-16/h1-13H,14-15H2. The van der Waals surface area contributed by atoms with E-state index >= 15 is 0 Å². The Morgan fingerprint density at radius 2 is 1.75 bits per heavy atom. The Balaban J connectivity index is 1.39. The molecule has 3 aromatic heterocycles. The summed E-state index contributed by atoms with van der Waals surface area (Å²) in [4.78, 5) is 8.62. The van der Waals surface area contributed by atoms with E-state index in [1.807, 2.05) is 30.3 Å². The van der Waals surface area contributed by atoms with E-state index in [0.717, 1.165) is 22.1 Å². The van der Waals surface area contributed by atoms with E-state index in [1.54, 1.807) is 24.5 Å². The maximum Gasteiger partial charge on any atom is 0.257 e. The minimum absolute atomic E-state index is 0.314. The molecular weight excluding hydrogens is 427 g/mol. The average Bonchev–Trinajstić information content (AvgIpc) is 3.47. The van der Waals surface area contributed by atoms with Gasteiger partial charge in [-0.05, 0) is 42.0 Å². The summed E-state index contributed by atoms with van der Waals surface area (Å²) in [5, 5.41) is 13.6. The number of hydrogen-bond donors (Lipinski definition) is 0. The van der Waals surface area contributed by atoms with Crippen molar-refractivity contribution in [3.8, 4) is 22.8 Å². The molecule has 7 nitrogen and oxygen atoms in total. The highest BCUT2D eigenvalue weighted by Gasteiger charge is 2.17. The van der Waals surface area contributed by atoms with Gasteiger partial charge in [-0.3, -0.25) is 9.55 Å². The fraction of sp³-hybridized carbons (Fsp3) is 0.0870. The molecule has 0 saturated carbocycles. The number of halogens is 1. The first-order chi connectivity index (χ1) is 15.8. The Kier molecular flexibility index (Phi) is 5.71. The monoisotopic (exact) mass is 444 g/mol. The number of pyridine rings is 1. The van der Waals surface area contributed by atoms with Crippen LogP contribution in [0.2, 0.25) is 0 Å². The van der Waals surface area contributed by atoms with E-state index in [9.17, 15) is 4.39 Å². The van der Waals surface area contributed by atoms with E-state index in [4.69, 9.17) is 4.52 Å². The molecule has 0 radical (unpaired) electrons. The summed E-state index contributed by atoms with van der Waals surface area (Å²) < 4.78 is 20.5. The van der Waals surface area contributed by atoms with Crippen LogP contribution in [0.3, 0.4) is 0 Å². The third-order valence-corrected chi connectivity index (χ3v) is 5.67. The minimum atomic E-state index is -0.314. The first-order valence-corrected chi connectivity index (χ1v) is 10.8. The predicted molar refractivity (Wildman–Crippen MR) is 118 cm³/mol. The lowest BCUT2D eigenvalue weighted by Crippen LogP contribution is -2.04. The molecule has 2 aromatic carbocycles. The summed E-state index contributed by atoms with van der Waals surface area (Å²) in [6, 6.07) is 19.9. The summed E-state index contributed by atoms with van der Waals surface area (Å²) in [6.45, 7) is 0.619. The molecule has 3 heterocycles. The van der Waals surface area contributed by atoms with E-state index < -0.39 is 0 Å². The van der Waals surface area contributed by atoms with Gasteiger partial charge in [-0.2, -0.15) is 4.98 Å². The lowest BCUT2D eigenvalue weighted by Gasteiger charge is -2.10. The number of thioether (sulfide) groups is 1. The summed E-state index contributed by atoms with van der Waals surface area (Å²) in [7, 11) is 0. The van der Waals surface area contributed by atoms with Gasteiger partial charge in [0.25, 0.3) is 5.89 Å². The Hall–Kier alpha value is -3.85. The molecule has 5 rings (SSSR count). The molecule has 0 aliphatic rings. The molecule has 0 atom stereocenters. The maximum atomic E-state index is 13.1. The van der Waals surface area contributed by atoms with Crippen LogP contribution in [0.4, 0.5) is 4.39 Å². The summed E-state index contributed by atoms with van der Waals surface area (Å²) in [6.07, 6.45) is 3.50. The van der Waals surface area contributed by atoms with Crippen LogP contribution in [-0.2, 0) is 12.3 Å². The molecule has 0 unspecified atom stereocenters. The molecule has 9 heteroatoms. The predicted octanol–water partition coefficient (Wildman–Crippen LogP) is 4.87. The zero-order valence-electron chi connectivity index (χ0n) is 16.8. The van der Waals surface area contributed by atoms with Crippen LogP contribution in [0.15, 0.2) is 88.8 Å². The van der Waals surface area contributed by atoms with Crippen LogP contribution in [0.1, 0.15) is 11.4 Å². The van der Waals surface area contributed by atoms with Crippen LogP contribution in [0.25, 0.3) is 22.8 Å². The first-order valence-electron chi connectivity index (χ1n) is 9.85. The van der Waals surface area contributed by atoms with Gasteiger partial charge >= 0.3 is 0 Å². The Morgan fingerprint density at radius 1 is 0.906 bits per heavy atom. The van der Waals surface area contributed by atoms with Crippen LogP contribution in [0, 0.1) is 5.82 Å². The van der Waals surface area contributed by atoms with Gasteiger partial charge in [0.15, 0.2) is 16.8 Å². The third kappa shape index (κ3) is 4.42. The summed E-state index contributed by atoms with van der Waals surface area (Å²) >= 11 is 1.47. The molecule has 0 bridgehead atoms. The fourth-order valence-electron chi connectivity index (χ4n) is 3.16. The number of nitrogens with zero attached hydrogens (tertiary/aromatic N) is 6. The fourth-order valence-corrected chi connectivity index (χ4v) is 3.94. The van der Waals surface area contributed by atoms with Gasteiger partial charge in [-0.1, -0.05) is 47.3 Å². The molecule has 0 N–H and O–H groups in total. The largest absolute Gasteiger partial charge is 0.334 e. The van der Waals surface area contributed by atoms with Gasteiger partial charge in [0.1, 0.15) is 5.82 Å². The van der Waals surface area contributed by atoms with Gasteiger partial charge in [0, 0.05) is 23.5 Å². The van der Waals surface area contributed by atoms with Gasteiger partial charge in [0.2, 0.25) is 0 Å². The van der Waals surface area contributed by atoms with Crippen molar-refractivity contribution in [1.82, 2.24) is 29.9 Å². The van der Waals surface area contributed by atoms with Gasteiger partial charge in [-0.15, -0.1) is 10.2 Å². The van der Waals surface area contributed by atoms with Gasteiger partial charge in [0.05, 0.1) is 12.3 Å². The number of rotatable bonds is 7. The summed E-state index contributed by atoms with van der Waals surface area (Å²) in [5.74, 6) is 1.75. The molecule has 0 spiro atoms. The summed E-state index contributed by atoms with van der Waals surface area (Å²) in [5.41, 5.74) is 2.69. The average molecular weight is 444 g/mol. The van der Waals surface area contributed by atoms with Crippen LogP contribution in [0.5, 0.6) is 0 Å². The van der Waals surface area contributed by atoms with Crippen molar-refractivity contribution in [2.45, 2.75) is 17.5 Å². The maximum absolute atomic E-state index is 13.1. The molecule has 0 fully saturated rings. The highest BCUT2D eigenvalue weighted by Crippen LogP contribution is 2.27. The van der Waals surface area contributed by atoms with Crippen LogP contribution in [-0.4, -0.2) is 29.9 Å². The lowest BCUT2D eigenvalue weighted by molar-refractivity contribution is 0.425. The van der Waals surface area contributed by atoms with Crippen molar-refractivity contribution in [3.63, 3.8) is 0 Å². The Morgan fingerprint density at radius 3 is 2.53 bits per heavy atom. The van der Waals surface area contributed by atoms with E-state index in [1.165, 1.54) is 23.9 Å². The van der Waals surface area contributed by atoms with Gasteiger partial charge in [-0.25, -0.2) is 4.39 Å². The zero-order chi connectivity index (χ0) is 21.8. The third-order valence-electron chi connectivity index (χ3n) is 4.71. The first kappa shape index (κ1) is 20.1. The second-order valence-corrected chi connectivity index (χ2v) is 7.87. The smallest absolute Gasteiger partial charge is 0.257 e. The molecular formula is C23H17FN6OS. The molecule has 0 aliphatic carbocycles. The normalized spacial score (nSPS) is 11.0. The number of benzene rings is 2. The quantitative estimate of drug-likeness (QED) is 0.331. The van der Waals surface area contributed by atoms with Crippen molar-refractivity contribution in [3.05, 3.63) is 96.3 Å². The molecule has 0 amide bonds. The molecule has 158 valence electrons. The minimum Gasteiger partial charge on any atom is -0.334 e. The second kappa shape index (κ2) is 9.11. The Bertz CT molecular complexity index is 1310. The van der Waals surface area contributed by atoms with Crippen molar-refractivity contribution in [2.24, 2.45) is 0 Å². The number of aromatic nitrogens is 6. The molecule has 5 aromatic rings. The van der Waals surface area contributed by atoms with E-state index in [0.29, 0.717) is 29.6 Å². The molecule has 0 aliphatic heterocycles.